The Morgan fingerprint density at radius 1 is 1.03 bits per heavy atom. The molecule has 0 radical (unpaired) electrons. The van der Waals surface area contributed by atoms with Crippen LogP contribution in [0.4, 0.5) is 23.7 Å². The topological polar surface area (TPSA) is 113 Å². The number of hydrogen-bond acceptors (Lipinski definition) is 6. The van der Waals surface area contributed by atoms with E-state index in [4.69, 9.17) is 9.47 Å². The molecular weight excluding hydrogens is 505 g/mol. The van der Waals surface area contributed by atoms with Gasteiger partial charge in [-0.3, -0.25) is 9.69 Å². The largest absolute Gasteiger partial charge is 0.497 e. The first-order valence-corrected chi connectivity index (χ1v) is 11.9. The fourth-order valence-corrected chi connectivity index (χ4v) is 5.42. The monoisotopic (exact) mass is 528 g/mol. The highest BCUT2D eigenvalue weighted by atomic mass is 32.2. The highest BCUT2D eigenvalue weighted by Crippen LogP contribution is 2.33. The van der Waals surface area contributed by atoms with Crippen LogP contribution in [0, 0.1) is 0 Å². The van der Waals surface area contributed by atoms with Crippen molar-refractivity contribution in [3.63, 3.8) is 0 Å². The number of amides is 1. The Kier molecular flexibility index (Phi) is 7.94. The molecule has 194 valence electrons. The summed E-state index contributed by atoms with van der Waals surface area (Å²) in [5, 5.41) is 10.1. The lowest BCUT2D eigenvalue weighted by atomic mass is 10.0. The number of ether oxygens (including phenoxy) is 2. The molecule has 0 saturated carbocycles. The van der Waals surface area contributed by atoms with E-state index in [0.717, 1.165) is 40.6 Å². The Balaban J connectivity index is 2.10. The van der Waals surface area contributed by atoms with Gasteiger partial charge in [-0.2, -0.15) is 17.5 Å². The summed E-state index contributed by atoms with van der Waals surface area (Å²) in [6.45, 7) is -0.316. The molecule has 9 nitrogen and oxygen atoms in total. The van der Waals surface area contributed by atoms with Gasteiger partial charge in [0.15, 0.2) is 0 Å². The predicted molar refractivity (Wildman–Crippen MR) is 122 cm³/mol. The summed E-state index contributed by atoms with van der Waals surface area (Å²) in [5.74, 6) is -1.17. The number of carbonyl (C=O) groups is 2. The number of anilines is 1. The van der Waals surface area contributed by atoms with Gasteiger partial charge >= 0.3 is 18.2 Å². The third-order valence-electron chi connectivity index (χ3n) is 5.60. The van der Waals surface area contributed by atoms with Crippen LogP contribution in [0.3, 0.4) is 0 Å². The maximum atomic E-state index is 13.5. The van der Waals surface area contributed by atoms with Crippen molar-refractivity contribution in [3.05, 3.63) is 66.2 Å². The van der Waals surface area contributed by atoms with Crippen molar-refractivity contribution in [2.75, 3.05) is 25.7 Å². The first kappa shape index (κ1) is 27.0. The van der Waals surface area contributed by atoms with E-state index in [1.54, 1.807) is 0 Å². The van der Waals surface area contributed by atoms with Crippen LogP contribution >= 0.6 is 0 Å². The first-order valence-electron chi connectivity index (χ1n) is 10.5. The molecule has 0 aromatic heterocycles. The van der Waals surface area contributed by atoms with Gasteiger partial charge in [0.1, 0.15) is 11.8 Å². The predicted octanol–water partition coefficient (Wildman–Crippen LogP) is 3.76. The number of hydrogen-bond donors (Lipinski definition) is 1. The van der Waals surface area contributed by atoms with Gasteiger partial charge in [-0.05, 0) is 55.0 Å². The van der Waals surface area contributed by atoms with Gasteiger partial charge in [0.05, 0.1) is 30.7 Å². The number of methoxy groups -OCH3 is 2. The van der Waals surface area contributed by atoms with E-state index in [9.17, 15) is 36.3 Å². The van der Waals surface area contributed by atoms with Crippen LogP contribution < -0.4 is 9.64 Å². The normalized spacial score (nSPS) is 18.8. The molecule has 2 atom stereocenters. The minimum atomic E-state index is -4.63. The number of aliphatic carboxylic acids is 1. The average Bonchev–Trinajstić information content (AvgIpc) is 3.07. The van der Waals surface area contributed by atoms with Crippen LogP contribution in [0.15, 0.2) is 65.6 Å². The molecule has 13 heteroatoms. The number of carbonyl (C=O) groups excluding carboxylic acids is 1. The Labute approximate surface area is 205 Å². The van der Waals surface area contributed by atoms with Gasteiger partial charge in [-0.15, -0.1) is 0 Å². The average molecular weight is 529 g/mol. The van der Waals surface area contributed by atoms with Crippen molar-refractivity contribution < 1.29 is 45.8 Å². The van der Waals surface area contributed by atoms with E-state index in [1.807, 2.05) is 0 Å². The number of benzene rings is 2. The quantitative estimate of drug-likeness (QED) is 0.568. The smallest absolute Gasteiger partial charge is 0.416 e. The zero-order chi connectivity index (χ0) is 26.7. The third-order valence-corrected chi connectivity index (χ3v) is 7.46. The molecular formula is C23H23F3N2O7S. The lowest BCUT2D eigenvalue weighted by Crippen LogP contribution is -2.58. The van der Waals surface area contributed by atoms with Crippen LogP contribution in [-0.4, -0.2) is 62.7 Å². The van der Waals surface area contributed by atoms with Gasteiger partial charge < -0.3 is 14.6 Å². The minimum Gasteiger partial charge on any atom is -0.497 e. The fourth-order valence-electron chi connectivity index (χ4n) is 3.86. The minimum absolute atomic E-state index is 0.0943. The van der Waals surface area contributed by atoms with E-state index in [0.29, 0.717) is 5.75 Å². The summed E-state index contributed by atoms with van der Waals surface area (Å²) < 4.78 is 76.6. The van der Waals surface area contributed by atoms with Gasteiger partial charge in [0.2, 0.25) is 10.0 Å². The molecule has 0 fully saturated rings. The number of carboxylic acids is 1. The molecule has 1 aliphatic heterocycles. The maximum absolute atomic E-state index is 13.5. The van der Waals surface area contributed by atoms with Gasteiger partial charge in [-0.25, -0.2) is 13.2 Å². The van der Waals surface area contributed by atoms with E-state index >= 15 is 0 Å². The molecule has 2 aromatic carbocycles. The number of sulfonamides is 1. The van der Waals surface area contributed by atoms with Crippen LogP contribution in [0.1, 0.15) is 12.0 Å². The summed E-state index contributed by atoms with van der Waals surface area (Å²) in [5.41, 5.74) is -1.07. The van der Waals surface area contributed by atoms with E-state index in [2.05, 4.69) is 0 Å². The number of carboxylic acid groups (broad SMARTS) is 1. The Hall–Kier alpha value is -3.58. The van der Waals surface area contributed by atoms with Crippen LogP contribution in [-0.2, 0) is 25.7 Å². The summed E-state index contributed by atoms with van der Waals surface area (Å²) in [4.78, 5) is 25.9. The van der Waals surface area contributed by atoms with E-state index in [1.165, 1.54) is 43.5 Å². The second-order valence-corrected chi connectivity index (χ2v) is 9.58. The van der Waals surface area contributed by atoms with Crippen LogP contribution in [0.2, 0.25) is 0 Å². The summed E-state index contributed by atoms with van der Waals surface area (Å²) >= 11 is 0. The van der Waals surface area contributed by atoms with Gasteiger partial charge in [0.25, 0.3) is 0 Å². The van der Waals surface area contributed by atoms with Crippen molar-refractivity contribution in [3.8, 4) is 5.75 Å². The molecule has 2 aromatic rings. The molecule has 0 spiro atoms. The first-order chi connectivity index (χ1) is 16.9. The van der Waals surface area contributed by atoms with Crippen molar-refractivity contribution >= 4 is 27.8 Å². The Morgan fingerprint density at radius 3 is 2.14 bits per heavy atom. The second kappa shape index (κ2) is 10.6. The molecule has 1 aliphatic rings. The molecule has 0 aliphatic carbocycles. The zero-order valence-corrected chi connectivity index (χ0v) is 20.0. The van der Waals surface area contributed by atoms with Crippen molar-refractivity contribution in [2.24, 2.45) is 0 Å². The van der Waals surface area contributed by atoms with E-state index < -0.39 is 45.9 Å². The number of nitrogens with zero attached hydrogens (tertiary/aromatic N) is 2. The zero-order valence-electron chi connectivity index (χ0n) is 19.2. The molecule has 36 heavy (non-hydrogen) atoms. The fraction of sp³-hybridized carbons (Fsp3) is 0.304. The summed E-state index contributed by atoms with van der Waals surface area (Å²) in [6, 6.07) is 5.62. The molecule has 0 saturated heterocycles. The third kappa shape index (κ3) is 5.46. The van der Waals surface area contributed by atoms with Gasteiger partial charge in [0, 0.05) is 12.2 Å². The summed E-state index contributed by atoms with van der Waals surface area (Å²) in [6.07, 6.45) is -2.86. The maximum Gasteiger partial charge on any atom is 0.416 e. The molecule has 1 heterocycles. The second-order valence-electron chi connectivity index (χ2n) is 7.69. The molecule has 3 rings (SSSR count). The van der Waals surface area contributed by atoms with Crippen molar-refractivity contribution in [2.45, 2.75) is 29.6 Å². The number of rotatable bonds is 6. The Bertz CT molecular complexity index is 1230. The van der Waals surface area contributed by atoms with Crippen LogP contribution in [0.25, 0.3) is 0 Å². The highest BCUT2D eigenvalue weighted by molar-refractivity contribution is 7.89. The standard InChI is InChI=1S/C23H23F3N2O7S/c1-34-17-10-12-18(13-11-17)36(32,33)27-14-4-3-5-19(20(27)21(29)30)28(22(31)35-2)16-8-6-15(7-9-16)23(24,25)26/h3-4,6-13,19-20H,5,14H2,1-2H3,(H,29,30). The lowest BCUT2D eigenvalue weighted by Gasteiger charge is -2.37. The van der Waals surface area contributed by atoms with E-state index in [-0.39, 0.29) is 23.5 Å². The molecule has 2 unspecified atom stereocenters. The molecule has 0 bridgehead atoms. The van der Waals surface area contributed by atoms with Crippen molar-refractivity contribution in [1.29, 1.82) is 0 Å². The highest BCUT2D eigenvalue weighted by Gasteiger charge is 2.45. The lowest BCUT2D eigenvalue weighted by molar-refractivity contribution is -0.142. The molecule has 1 N–H and O–H groups in total. The number of alkyl halides is 3. The molecule has 1 amide bonds. The van der Waals surface area contributed by atoms with Crippen LogP contribution in [0.5, 0.6) is 5.75 Å². The van der Waals surface area contributed by atoms with Gasteiger partial charge in [-0.1, -0.05) is 12.2 Å². The number of halogens is 3. The SMILES string of the molecule is COC(=O)N(c1ccc(C(F)(F)F)cc1)C1CC=CCN(S(=O)(=O)c2ccc(OC)cc2)C1C(=O)O. The summed E-state index contributed by atoms with van der Waals surface area (Å²) in [7, 11) is -1.97. The Morgan fingerprint density at radius 2 is 1.64 bits per heavy atom. The van der Waals surface area contributed by atoms with Crippen molar-refractivity contribution in [1.82, 2.24) is 4.31 Å².